The van der Waals surface area contributed by atoms with E-state index >= 15 is 0 Å². The van der Waals surface area contributed by atoms with Crippen molar-refractivity contribution in [1.82, 2.24) is 0 Å². The molecule has 0 amide bonds. The second-order valence-electron chi connectivity index (χ2n) is 4.35. The highest BCUT2D eigenvalue weighted by molar-refractivity contribution is 6.31. The molecule has 1 aliphatic heterocycles. The van der Waals surface area contributed by atoms with Crippen molar-refractivity contribution < 1.29 is 14.3 Å². The van der Waals surface area contributed by atoms with Gasteiger partial charge in [0.1, 0.15) is 17.2 Å². The Morgan fingerprint density at radius 1 is 1.50 bits per heavy atom. The number of rotatable bonds is 0. The zero-order chi connectivity index (χ0) is 11.9. The molecular formula is C11H11ClFNO2. The van der Waals surface area contributed by atoms with Crippen molar-refractivity contribution in [3.05, 3.63) is 28.5 Å². The van der Waals surface area contributed by atoms with Crippen molar-refractivity contribution in [3.63, 3.8) is 0 Å². The first kappa shape index (κ1) is 11.2. The minimum atomic E-state index is -0.551. The van der Waals surface area contributed by atoms with Gasteiger partial charge in [0.2, 0.25) is 0 Å². The third-order valence-corrected chi connectivity index (χ3v) is 2.72. The van der Waals surface area contributed by atoms with Crippen LogP contribution < -0.4 is 4.74 Å². The van der Waals surface area contributed by atoms with Gasteiger partial charge < -0.3 is 9.94 Å². The monoisotopic (exact) mass is 243 g/mol. The van der Waals surface area contributed by atoms with Gasteiger partial charge in [0.15, 0.2) is 0 Å². The van der Waals surface area contributed by atoms with Crippen LogP contribution in [-0.4, -0.2) is 16.5 Å². The zero-order valence-electron chi connectivity index (χ0n) is 8.92. The molecule has 0 aromatic heterocycles. The molecule has 0 saturated heterocycles. The summed E-state index contributed by atoms with van der Waals surface area (Å²) in [5.41, 5.74) is 0.362. The molecular weight excluding hydrogens is 233 g/mol. The topological polar surface area (TPSA) is 41.8 Å². The van der Waals surface area contributed by atoms with Gasteiger partial charge >= 0.3 is 0 Å². The average Bonchev–Trinajstić information content (AvgIpc) is 2.18. The van der Waals surface area contributed by atoms with E-state index in [0.717, 1.165) is 0 Å². The fraction of sp³-hybridized carbons (Fsp3) is 0.364. The van der Waals surface area contributed by atoms with Crippen molar-refractivity contribution in [2.45, 2.75) is 25.9 Å². The molecule has 3 nitrogen and oxygen atoms in total. The van der Waals surface area contributed by atoms with Crippen LogP contribution in [0.1, 0.15) is 25.8 Å². The summed E-state index contributed by atoms with van der Waals surface area (Å²) in [5.74, 6) is -0.111. The Labute approximate surface area is 97.5 Å². The van der Waals surface area contributed by atoms with Gasteiger partial charge in [0.05, 0.1) is 10.7 Å². The highest BCUT2D eigenvalue weighted by atomic mass is 35.5. The Bertz CT molecular complexity index is 471. The van der Waals surface area contributed by atoms with Crippen LogP contribution in [0.15, 0.2) is 17.3 Å². The van der Waals surface area contributed by atoms with Crippen LogP contribution in [0.2, 0.25) is 5.02 Å². The Balaban J connectivity index is 2.60. The van der Waals surface area contributed by atoms with Crippen molar-refractivity contribution in [2.24, 2.45) is 5.16 Å². The third kappa shape index (κ3) is 1.85. The molecule has 2 rings (SSSR count). The van der Waals surface area contributed by atoms with Gasteiger partial charge in [-0.1, -0.05) is 16.8 Å². The van der Waals surface area contributed by atoms with Crippen molar-refractivity contribution >= 4 is 17.3 Å². The van der Waals surface area contributed by atoms with E-state index in [9.17, 15) is 4.39 Å². The summed E-state index contributed by atoms with van der Waals surface area (Å²) < 4.78 is 18.9. The van der Waals surface area contributed by atoms with E-state index < -0.39 is 11.4 Å². The lowest BCUT2D eigenvalue weighted by Gasteiger charge is -2.32. The normalized spacial score (nSPS) is 20.4. The largest absolute Gasteiger partial charge is 0.487 e. The lowest BCUT2D eigenvalue weighted by molar-refractivity contribution is 0.109. The molecule has 0 fully saturated rings. The van der Waals surface area contributed by atoms with Crippen molar-refractivity contribution in [2.75, 3.05) is 0 Å². The smallest absolute Gasteiger partial charge is 0.142 e. The quantitative estimate of drug-likeness (QED) is 0.562. The first-order chi connectivity index (χ1) is 7.43. The van der Waals surface area contributed by atoms with Crippen LogP contribution in [0, 0.1) is 5.82 Å². The zero-order valence-corrected chi connectivity index (χ0v) is 9.68. The van der Waals surface area contributed by atoms with Gasteiger partial charge in [0, 0.05) is 18.1 Å². The first-order valence-corrected chi connectivity index (χ1v) is 5.20. The highest BCUT2D eigenvalue weighted by Crippen LogP contribution is 2.36. The lowest BCUT2D eigenvalue weighted by Crippen LogP contribution is -2.36. The summed E-state index contributed by atoms with van der Waals surface area (Å²) in [4.78, 5) is 0. The molecule has 16 heavy (non-hydrogen) atoms. The number of halogens is 2. The van der Waals surface area contributed by atoms with Gasteiger partial charge in [-0.2, -0.15) is 0 Å². The molecule has 0 aliphatic carbocycles. The number of ether oxygens (including phenoxy) is 1. The van der Waals surface area contributed by atoms with Gasteiger partial charge in [-0.15, -0.1) is 0 Å². The predicted octanol–water partition coefficient (Wildman–Crippen LogP) is 3.22. The molecule has 1 N–H and O–H groups in total. The maximum atomic E-state index is 13.3. The molecule has 1 aromatic rings. The second-order valence-corrected chi connectivity index (χ2v) is 4.75. The Morgan fingerprint density at radius 2 is 2.19 bits per heavy atom. The Kier molecular flexibility index (Phi) is 2.54. The van der Waals surface area contributed by atoms with Crippen molar-refractivity contribution in [3.8, 4) is 5.75 Å². The van der Waals surface area contributed by atoms with Crippen LogP contribution in [-0.2, 0) is 0 Å². The standard InChI is InChI=1S/C11H11ClFNO2/c1-11(2)5-9(14-15)6-3-8(13)7(12)4-10(6)16-11/h3-4,15H,5H2,1-2H3. The number of oxime groups is 1. The average molecular weight is 244 g/mol. The molecule has 0 saturated carbocycles. The Morgan fingerprint density at radius 3 is 2.81 bits per heavy atom. The summed E-state index contributed by atoms with van der Waals surface area (Å²) >= 11 is 5.67. The molecule has 1 aromatic carbocycles. The minimum absolute atomic E-state index is 0.00580. The second kappa shape index (κ2) is 3.63. The van der Waals surface area contributed by atoms with E-state index in [1.165, 1.54) is 12.1 Å². The summed E-state index contributed by atoms with van der Waals surface area (Å²) in [6.45, 7) is 3.72. The van der Waals surface area contributed by atoms with Crippen LogP contribution in [0.5, 0.6) is 5.75 Å². The molecule has 0 atom stereocenters. The molecule has 0 unspecified atom stereocenters. The first-order valence-electron chi connectivity index (χ1n) is 4.82. The third-order valence-electron chi connectivity index (χ3n) is 2.43. The van der Waals surface area contributed by atoms with Gasteiger partial charge in [-0.25, -0.2) is 4.39 Å². The van der Waals surface area contributed by atoms with Crippen LogP contribution >= 0.6 is 11.6 Å². The van der Waals surface area contributed by atoms with E-state index in [1.807, 2.05) is 13.8 Å². The number of hydrogen-bond donors (Lipinski definition) is 1. The van der Waals surface area contributed by atoms with Crippen molar-refractivity contribution in [1.29, 1.82) is 0 Å². The van der Waals surface area contributed by atoms with Gasteiger partial charge in [-0.3, -0.25) is 0 Å². The van der Waals surface area contributed by atoms with E-state index in [2.05, 4.69) is 5.16 Å². The number of nitrogens with zero attached hydrogens (tertiary/aromatic N) is 1. The Hall–Kier alpha value is -1.29. The van der Waals surface area contributed by atoms with E-state index in [1.54, 1.807) is 0 Å². The summed E-state index contributed by atoms with van der Waals surface area (Å²) in [6.07, 6.45) is 0.414. The van der Waals surface area contributed by atoms with E-state index in [-0.39, 0.29) is 5.02 Å². The number of fused-ring (bicyclic) bond motifs is 1. The van der Waals surface area contributed by atoms with Crippen LogP contribution in [0.3, 0.4) is 0 Å². The molecule has 5 heteroatoms. The fourth-order valence-corrected chi connectivity index (χ4v) is 1.91. The van der Waals surface area contributed by atoms with Gasteiger partial charge in [-0.05, 0) is 19.9 Å². The molecule has 1 heterocycles. The summed E-state index contributed by atoms with van der Waals surface area (Å²) in [5, 5.41) is 12.1. The molecule has 1 aliphatic rings. The molecule has 0 radical (unpaired) electrons. The predicted molar refractivity (Wildman–Crippen MR) is 59.1 cm³/mol. The summed E-state index contributed by atoms with van der Waals surface area (Å²) in [7, 11) is 0. The molecule has 0 bridgehead atoms. The van der Waals surface area contributed by atoms with Gasteiger partial charge in [0.25, 0.3) is 0 Å². The number of benzene rings is 1. The maximum Gasteiger partial charge on any atom is 0.142 e. The van der Waals surface area contributed by atoms with E-state index in [4.69, 9.17) is 21.5 Å². The van der Waals surface area contributed by atoms with Crippen LogP contribution in [0.4, 0.5) is 4.39 Å². The summed E-state index contributed by atoms with van der Waals surface area (Å²) in [6, 6.07) is 2.63. The minimum Gasteiger partial charge on any atom is -0.487 e. The number of hydrogen-bond acceptors (Lipinski definition) is 3. The van der Waals surface area contributed by atoms with E-state index in [0.29, 0.717) is 23.4 Å². The fourth-order valence-electron chi connectivity index (χ4n) is 1.76. The molecule has 0 spiro atoms. The highest BCUT2D eigenvalue weighted by Gasteiger charge is 2.32. The lowest BCUT2D eigenvalue weighted by atomic mass is 9.92. The van der Waals surface area contributed by atoms with Crippen LogP contribution in [0.25, 0.3) is 0 Å². The molecule has 86 valence electrons. The maximum absolute atomic E-state index is 13.3. The SMILES string of the molecule is CC1(C)CC(=NO)c2cc(F)c(Cl)cc2O1.